The van der Waals surface area contributed by atoms with Crippen LogP contribution in [0.15, 0.2) is 29.6 Å². The third-order valence-electron chi connectivity index (χ3n) is 4.21. The first-order valence-electron chi connectivity index (χ1n) is 8.83. The zero-order valence-electron chi connectivity index (χ0n) is 15.4. The van der Waals surface area contributed by atoms with Crippen LogP contribution >= 0.6 is 11.3 Å². The molecule has 3 rings (SSSR count). The van der Waals surface area contributed by atoms with E-state index in [0.29, 0.717) is 0 Å². The molecule has 2 aromatic heterocycles. The Kier molecular flexibility index (Phi) is 5.53. The number of anilines is 1. The van der Waals surface area contributed by atoms with Crippen molar-refractivity contribution in [1.29, 1.82) is 0 Å². The molecule has 25 heavy (non-hydrogen) atoms. The molecule has 5 heteroatoms. The summed E-state index contributed by atoms with van der Waals surface area (Å²) in [5.41, 5.74) is 2.38. The van der Waals surface area contributed by atoms with E-state index in [1.54, 1.807) is 18.4 Å². The van der Waals surface area contributed by atoms with Crippen molar-refractivity contribution in [3.05, 3.63) is 35.5 Å². The van der Waals surface area contributed by atoms with Gasteiger partial charge in [0.05, 0.1) is 12.5 Å². The average Bonchev–Trinajstić information content (AvgIpc) is 3.04. The summed E-state index contributed by atoms with van der Waals surface area (Å²) in [6.45, 7) is 8.43. The number of benzene rings is 1. The first-order chi connectivity index (χ1) is 12.2. The Balaban J connectivity index is 2.16. The normalized spacial score (nSPS) is 11.0. The second-order valence-corrected chi connectivity index (χ2v) is 7.00. The molecule has 1 aromatic carbocycles. The number of ether oxygens (including phenoxy) is 1. The fourth-order valence-corrected chi connectivity index (χ4v) is 4.09. The smallest absolute Gasteiger partial charge is 0.141 e. The van der Waals surface area contributed by atoms with Crippen molar-refractivity contribution in [1.82, 2.24) is 9.97 Å². The SMILES string of the molecule is CCCN(CCC)c1nc(C)nc2scc(-c3ccc(OC)cc3)c12. The molecular weight excluding hydrogens is 330 g/mol. The van der Waals surface area contributed by atoms with Gasteiger partial charge >= 0.3 is 0 Å². The standard InChI is InChI=1S/C20H25N3OS/c1-5-11-23(12-6-2)19-18-17(13-25-20(18)22-14(3)21-19)15-7-9-16(24-4)10-8-15/h7-10,13H,5-6,11-12H2,1-4H3. The van der Waals surface area contributed by atoms with E-state index in [1.165, 1.54) is 16.5 Å². The van der Waals surface area contributed by atoms with Crippen LogP contribution in [-0.2, 0) is 0 Å². The summed E-state index contributed by atoms with van der Waals surface area (Å²) < 4.78 is 5.29. The average molecular weight is 356 g/mol. The molecule has 0 N–H and O–H groups in total. The molecule has 0 unspecified atom stereocenters. The lowest BCUT2D eigenvalue weighted by Crippen LogP contribution is -2.26. The molecule has 0 aliphatic rings. The van der Waals surface area contributed by atoms with E-state index in [9.17, 15) is 0 Å². The van der Waals surface area contributed by atoms with Crippen LogP contribution in [0.5, 0.6) is 5.75 Å². The van der Waals surface area contributed by atoms with Crippen molar-refractivity contribution in [2.75, 3.05) is 25.1 Å². The van der Waals surface area contributed by atoms with Crippen LogP contribution in [-0.4, -0.2) is 30.2 Å². The van der Waals surface area contributed by atoms with Gasteiger partial charge < -0.3 is 9.64 Å². The maximum absolute atomic E-state index is 5.29. The van der Waals surface area contributed by atoms with E-state index < -0.39 is 0 Å². The number of methoxy groups -OCH3 is 1. The number of hydrogen-bond donors (Lipinski definition) is 0. The van der Waals surface area contributed by atoms with Crippen LogP contribution in [0, 0.1) is 6.92 Å². The van der Waals surface area contributed by atoms with Crippen molar-refractivity contribution in [2.45, 2.75) is 33.6 Å². The lowest BCUT2D eigenvalue weighted by molar-refractivity contribution is 0.415. The number of rotatable bonds is 7. The molecule has 0 fully saturated rings. The first kappa shape index (κ1) is 17.7. The molecule has 0 aliphatic carbocycles. The predicted octanol–water partition coefficient (Wildman–Crippen LogP) is 5.30. The van der Waals surface area contributed by atoms with Gasteiger partial charge in [-0.3, -0.25) is 0 Å². The first-order valence-corrected chi connectivity index (χ1v) is 9.71. The van der Waals surface area contributed by atoms with Gasteiger partial charge in [-0.05, 0) is 37.5 Å². The minimum absolute atomic E-state index is 0.836. The van der Waals surface area contributed by atoms with Crippen LogP contribution in [0.4, 0.5) is 5.82 Å². The maximum Gasteiger partial charge on any atom is 0.141 e. The summed E-state index contributed by atoms with van der Waals surface area (Å²) in [5.74, 6) is 2.77. The number of aromatic nitrogens is 2. The zero-order chi connectivity index (χ0) is 17.8. The Morgan fingerprint density at radius 2 is 1.72 bits per heavy atom. The van der Waals surface area contributed by atoms with Gasteiger partial charge in [0.25, 0.3) is 0 Å². The third kappa shape index (κ3) is 3.61. The highest BCUT2D eigenvalue weighted by Gasteiger charge is 2.18. The molecule has 2 heterocycles. The van der Waals surface area contributed by atoms with E-state index in [-0.39, 0.29) is 0 Å². The lowest BCUT2D eigenvalue weighted by atomic mass is 10.1. The van der Waals surface area contributed by atoms with Crippen molar-refractivity contribution < 1.29 is 4.74 Å². The number of thiophene rings is 1. The van der Waals surface area contributed by atoms with Gasteiger partial charge in [0.2, 0.25) is 0 Å². The summed E-state index contributed by atoms with van der Waals surface area (Å²) in [6, 6.07) is 8.22. The fraction of sp³-hybridized carbons (Fsp3) is 0.400. The van der Waals surface area contributed by atoms with Crippen molar-refractivity contribution in [3.63, 3.8) is 0 Å². The molecule has 132 valence electrons. The molecule has 0 atom stereocenters. The molecule has 0 radical (unpaired) electrons. The molecule has 0 saturated heterocycles. The third-order valence-corrected chi connectivity index (χ3v) is 5.09. The van der Waals surface area contributed by atoms with Crippen molar-refractivity contribution in [3.8, 4) is 16.9 Å². The van der Waals surface area contributed by atoms with Crippen molar-refractivity contribution >= 4 is 27.4 Å². The van der Waals surface area contributed by atoms with Gasteiger partial charge in [-0.2, -0.15) is 0 Å². The van der Waals surface area contributed by atoms with Crippen LogP contribution in [0.3, 0.4) is 0 Å². The second-order valence-electron chi connectivity index (χ2n) is 6.14. The molecular formula is C20H25N3OS. The van der Waals surface area contributed by atoms with E-state index in [4.69, 9.17) is 9.72 Å². The lowest BCUT2D eigenvalue weighted by Gasteiger charge is -2.24. The highest BCUT2D eigenvalue weighted by Crippen LogP contribution is 2.38. The maximum atomic E-state index is 5.29. The minimum atomic E-state index is 0.836. The number of nitrogens with zero attached hydrogens (tertiary/aromatic N) is 3. The van der Waals surface area contributed by atoms with Gasteiger partial charge in [-0.15, -0.1) is 11.3 Å². The molecule has 0 amide bonds. The van der Waals surface area contributed by atoms with Crippen LogP contribution in [0.1, 0.15) is 32.5 Å². The summed E-state index contributed by atoms with van der Waals surface area (Å²) in [7, 11) is 1.69. The number of hydrogen-bond acceptors (Lipinski definition) is 5. The fourth-order valence-electron chi connectivity index (χ4n) is 3.10. The molecule has 0 aliphatic heterocycles. The van der Waals surface area contributed by atoms with E-state index in [1.807, 2.05) is 19.1 Å². The van der Waals surface area contributed by atoms with E-state index in [0.717, 1.165) is 48.2 Å². The Bertz CT molecular complexity index is 836. The Morgan fingerprint density at radius 1 is 1.04 bits per heavy atom. The minimum Gasteiger partial charge on any atom is -0.497 e. The molecule has 3 aromatic rings. The molecule has 0 spiro atoms. The van der Waals surface area contributed by atoms with E-state index >= 15 is 0 Å². The second kappa shape index (κ2) is 7.83. The van der Waals surface area contributed by atoms with Crippen LogP contribution in [0.25, 0.3) is 21.3 Å². The van der Waals surface area contributed by atoms with Crippen LogP contribution < -0.4 is 9.64 Å². The molecule has 0 saturated carbocycles. The van der Waals surface area contributed by atoms with E-state index in [2.05, 4.69) is 41.2 Å². The van der Waals surface area contributed by atoms with Gasteiger partial charge in [-0.25, -0.2) is 9.97 Å². The van der Waals surface area contributed by atoms with Crippen molar-refractivity contribution in [2.24, 2.45) is 0 Å². The molecule has 0 bridgehead atoms. The van der Waals surface area contributed by atoms with Gasteiger partial charge in [-0.1, -0.05) is 26.0 Å². The van der Waals surface area contributed by atoms with Gasteiger partial charge in [0.1, 0.15) is 22.2 Å². The number of fused-ring (bicyclic) bond motifs is 1. The largest absolute Gasteiger partial charge is 0.497 e. The summed E-state index contributed by atoms with van der Waals surface area (Å²) >= 11 is 1.69. The topological polar surface area (TPSA) is 38.2 Å². The van der Waals surface area contributed by atoms with Gasteiger partial charge in [0, 0.05) is 24.0 Å². The summed E-state index contributed by atoms with van der Waals surface area (Å²) in [6.07, 6.45) is 2.21. The van der Waals surface area contributed by atoms with Gasteiger partial charge in [0.15, 0.2) is 0 Å². The quantitative estimate of drug-likeness (QED) is 0.576. The zero-order valence-corrected chi connectivity index (χ0v) is 16.2. The highest BCUT2D eigenvalue weighted by molar-refractivity contribution is 7.17. The Labute approximate surface area is 153 Å². The predicted molar refractivity (Wildman–Crippen MR) is 107 cm³/mol. The molecule has 4 nitrogen and oxygen atoms in total. The summed E-state index contributed by atoms with van der Waals surface area (Å²) in [5, 5.41) is 3.36. The monoisotopic (exact) mass is 355 g/mol. The highest BCUT2D eigenvalue weighted by atomic mass is 32.1. The number of aryl methyl sites for hydroxylation is 1. The Hall–Kier alpha value is -2.14. The van der Waals surface area contributed by atoms with Crippen LogP contribution in [0.2, 0.25) is 0 Å². The summed E-state index contributed by atoms with van der Waals surface area (Å²) in [4.78, 5) is 13.0. The Morgan fingerprint density at radius 3 is 2.32 bits per heavy atom.